The number of ether oxygens (including phenoxy) is 2. The lowest BCUT2D eigenvalue weighted by atomic mass is 9.98. The normalized spacial score (nSPS) is 13.3. The van der Waals surface area contributed by atoms with Crippen LogP contribution in [0.1, 0.15) is 28.9 Å². The highest BCUT2D eigenvalue weighted by Gasteiger charge is 2.23. The molecule has 0 heterocycles. The van der Waals surface area contributed by atoms with Crippen LogP contribution >= 0.6 is 0 Å². The highest BCUT2D eigenvalue weighted by atomic mass is 16.7. The molecule has 0 unspecified atom stereocenters. The molecule has 0 saturated heterocycles. The topological polar surface area (TPSA) is 38.7 Å². The predicted octanol–water partition coefficient (Wildman–Crippen LogP) is 4.65. The minimum atomic E-state index is -0.760. The molecule has 0 bridgehead atoms. The fourth-order valence-corrected chi connectivity index (χ4v) is 2.69. The number of aliphatic hydroxyl groups excluding tert-OH is 1. The molecule has 0 aromatic heterocycles. The lowest BCUT2D eigenvalue weighted by Gasteiger charge is -2.24. The summed E-state index contributed by atoms with van der Waals surface area (Å²) in [5.41, 5.74) is 2.83. The summed E-state index contributed by atoms with van der Waals surface area (Å²) in [4.78, 5) is 0. The fourth-order valence-electron chi connectivity index (χ4n) is 2.69. The molecule has 128 valence electrons. The zero-order chi connectivity index (χ0) is 17.3. The summed E-state index contributed by atoms with van der Waals surface area (Å²) in [6.07, 6.45) is -1.25. The van der Waals surface area contributed by atoms with Gasteiger partial charge in [0, 0.05) is 0 Å². The Labute approximate surface area is 148 Å². The summed E-state index contributed by atoms with van der Waals surface area (Å²) >= 11 is 0. The Morgan fingerprint density at radius 1 is 0.680 bits per heavy atom. The van der Waals surface area contributed by atoms with Gasteiger partial charge in [-0.05, 0) is 16.7 Å². The number of hydrogen-bond donors (Lipinski definition) is 1. The first-order chi connectivity index (χ1) is 12.3. The Hall–Kier alpha value is -2.46. The van der Waals surface area contributed by atoms with Crippen LogP contribution in [-0.4, -0.2) is 11.9 Å². The van der Waals surface area contributed by atoms with Crippen LogP contribution in [0.15, 0.2) is 91.0 Å². The van der Waals surface area contributed by atoms with E-state index in [9.17, 15) is 5.11 Å². The maximum absolute atomic E-state index is 10.8. The maximum Gasteiger partial charge on any atom is 0.148 e. The SMILES string of the molecule is O[C@@H](c1ccccc1)[C@@H](OCOCc1ccccc1)c1ccccc1. The van der Waals surface area contributed by atoms with E-state index in [4.69, 9.17) is 9.47 Å². The van der Waals surface area contributed by atoms with Crippen molar-refractivity contribution >= 4 is 0 Å². The molecule has 2 atom stereocenters. The number of hydrogen-bond acceptors (Lipinski definition) is 3. The molecule has 0 saturated carbocycles. The van der Waals surface area contributed by atoms with Crippen LogP contribution in [0.2, 0.25) is 0 Å². The third-order valence-corrected chi connectivity index (χ3v) is 4.00. The van der Waals surface area contributed by atoms with E-state index in [1.54, 1.807) is 0 Å². The van der Waals surface area contributed by atoms with Gasteiger partial charge in [-0.3, -0.25) is 0 Å². The number of benzene rings is 3. The van der Waals surface area contributed by atoms with E-state index < -0.39 is 12.2 Å². The van der Waals surface area contributed by atoms with E-state index >= 15 is 0 Å². The average Bonchev–Trinajstić information content (AvgIpc) is 2.70. The quantitative estimate of drug-likeness (QED) is 0.481. The van der Waals surface area contributed by atoms with E-state index in [1.165, 1.54) is 0 Å². The van der Waals surface area contributed by atoms with Crippen LogP contribution < -0.4 is 0 Å². The molecule has 3 nitrogen and oxygen atoms in total. The van der Waals surface area contributed by atoms with Gasteiger partial charge in [0.2, 0.25) is 0 Å². The Kier molecular flexibility index (Phi) is 6.35. The highest BCUT2D eigenvalue weighted by Crippen LogP contribution is 2.31. The Morgan fingerprint density at radius 3 is 1.80 bits per heavy atom. The standard InChI is InChI=1S/C22H22O3/c23-21(19-12-6-2-7-13-19)22(20-14-8-3-9-15-20)25-17-24-16-18-10-4-1-5-11-18/h1-15,21-23H,16-17H2/t21-,22-/m0/s1. The van der Waals surface area contributed by atoms with Gasteiger partial charge in [0.1, 0.15) is 19.0 Å². The van der Waals surface area contributed by atoms with Gasteiger partial charge < -0.3 is 14.6 Å². The van der Waals surface area contributed by atoms with Crippen molar-refractivity contribution in [2.75, 3.05) is 6.79 Å². The molecule has 0 radical (unpaired) electrons. The molecule has 3 heteroatoms. The first-order valence-corrected chi connectivity index (χ1v) is 8.36. The van der Waals surface area contributed by atoms with Crippen molar-refractivity contribution in [2.24, 2.45) is 0 Å². The molecular weight excluding hydrogens is 312 g/mol. The molecule has 0 amide bonds. The molecular formula is C22H22O3. The smallest absolute Gasteiger partial charge is 0.148 e. The van der Waals surface area contributed by atoms with Crippen molar-refractivity contribution in [3.8, 4) is 0 Å². The molecule has 0 spiro atoms. The lowest BCUT2D eigenvalue weighted by molar-refractivity contribution is -0.132. The van der Waals surface area contributed by atoms with Crippen LogP contribution in [0.5, 0.6) is 0 Å². The lowest BCUT2D eigenvalue weighted by Crippen LogP contribution is -2.16. The zero-order valence-corrected chi connectivity index (χ0v) is 14.0. The van der Waals surface area contributed by atoms with E-state index in [0.29, 0.717) is 6.61 Å². The first-order valence-electron chi connectivity index (χ1n) is 8.36. The summed E-state index contributed by atoms with van der Waals surface area (Å²) in [5, 5.41) is 10.8. The van der Waals surface area contributed by atoms with Gasteiger partial charge in [-0.15, -0.1) is 0 Å². The largest absolute Gasteiger partial charge is 0.385 e. The van der Waals surface area contributed by atoms with Crippen molar-refractivity contribution in [3.63, 3.8) is 0 Å². The third kappa shape index (κ3) is 5.00. The second-order valence-corrected chi connectivity index (χ2v) is 5.81. The van der Waals surface area contributed by atoms with Crippen molar-refractivity contribution in [1.82, 2.24) is 0 Å². The summed E-state index contributed by atoms with van der Waals surface area (Å²) in [6.45, 7) is 0.585. The molecule has 0 aliphatic heterocycles. The van der Waals surface area contributed by atoms with Crippen molar-refractivity contribution in [3.05, 3.63) is 108 Å². The highest BCUT2D eigenvalue weighted by molar-refractivity contribution is 5.25. The minimum absolute atomic E-state index is 0.109. The molecule has 3 rings (SSSR count). The first kappa shape index (κ1) is 17.4. The van der Waals surface area contributed by atoms with Crippen molar-refractivity contribution in [1.29, 1.82) is 0 Å². The van der Waals surface area contributed by atoms with Crippen LogP contribution in [-0.2, 0) is 16.1 Å². The molecule has 1 N–H and O–H groups in total. The van der Waals surface area contributed by atoms with E-state index in [-0.39, 0.29) is 6.79 Å². The minimum Gasteiger partial charge on any atom is -0.385 e. The molecule has 3 aromatic rings. The molecule has 0 aliphatic rings. The van der Waals surface area contributed by atoms with Gasteiger partial charge in [0.05, 0.1) is 6.61 Å². The van der Waals surface area contributed by atoms with Crippen LogP contribution in [0.25, 0.3) is 0 Å². The second kappa shape index (κ2) is 9.14. The maximum atomic E-state index is 10.8. The van der Waals surface area contributed by atoms with Crippen molar-refractivity contribution in [2.45, 2.75) is 18.8 Å². The summed E-state index contributed by atoms with van der Waals surface area (Å²) < 4.78 is 11.5. The average molecular weight is 334 g/mol. The Bertz CT molecular complexity index is 729. The number of aliphatic hydroxyl groups is 1. The predicted molar refractivity (Wildman–Crippen MR) is 97.8 cm³/mol. The molecule has 3 aromatic carbocycles. The Balaban J connectivity index is 1.65. The van der Waals surface area contributed by atoms with Gasteiger partial charge in [0.15, 0.2) is 0 Å². The second-order valence-electron chi connectivity index (χ2n) is 5.81. The summed E-state index contributed by atoms with van der Waals surface area (Å²) in [6, 6.07) is 29.2. The van der Waals surface area contributed by atoms with E-state index in [0.717, 1.165) is 16.7 Å². The zero-order valence-electron chi connectivity index (χ0n) is 14.0. The van der Waals surface area contributed by atoms with Crippen molar-refractivity contribution < 1.29 is 14.6 Å². The Morgan fingerprint density at radius 2 is 1.20 bits per heavy atom. The van der Waals surface area contributed by atoms with Gasteiger partial charge in [0.25, 0.3) is 0 Å². The summed E-state index contributed by atoms with van der Waals surface area (Å²) in [7, 11) is 0. The van der Waals surface area contributed by atoms with Crippen LogP contribution in [0.3, 0.4) is 0 Å². The molecule has 0 aliphatic carbocycles. The van der Waals surface area contributed by atoms with Gasteiger partial charge in [-0.2, -0.15) is 0 Å². The van der Waals surface area contributed by atoms with Crippen LogP contribution in [0.4, 0.5) is 0 Å². The van der Waals surface area contributed by atoms with Gasteiger partial charge in [-0.25, -0.2) is 0 Å². The van der Waals surface area contributed by atoms with Gasteiger partial charge >= 0.3 is 0 Å². The number of rotatable bonds is 8. The monoisotopic (exact) mass is 334 g/mol. The fraction of sp³-hybridized carbons (Fsp3) is 0.182. The van der Waals surface area contributed by atoms with Gasteiger partial charge in [-0.1, -0.05) is 91.0 Å². The molecule has 0 fully saturated rings. The van der Waals surface area contributed by atoms with Crippen LogP contribution in [0, 0.1) is 0 Å². The van der Waals surface area contributed by atoms with E-state index in [1.807, 2.05) is 91.0 Å². The third-order valence-electron chi connectivity index (χ3n) is 4.00. The van der Waals surface area contributed by atoms with E-state index in [2.05, 4.69) is 0 Å². The molecule has 25 heavy (non-hydrogen) atoms. The summed E-state index contributed by atoms with van der Waals surface area (Å²) in [5.74, 6) is 0.